The first kappa shape index (κ1) is 13.0. The van der Waals surface area contributed by atoms with Gasteiger partial charge in [0.05, 0.1) is 19.1 Å². The normalized spacial score (nSPS) is 21.9. The van der Waals surface area contributed by atoms with Gasteiger partial charge in [-0.1, -0.05) is 20.8 Å². The lowest BCUT2D eigenvalue weighted by molar-refractivity contribution is -0.152. The second kappa shape index (κ2) is 4.82. The lowest BCUT2D eigenvalue weighted by Gasteiger charge is -2.36. The number of carbonyl (C=O) groups is 2. The number of hydrogen-bond donors (Lipinski definition) is 1. The van der Waals surface area contributed by atoms with E-state index >= 15 is 0 Å². The van der Waals surface area contributed by atoms with Gasteiger partial charge in [0.1, 0.15) is 0 Å². The maximum atomic E-state index is 12.0. The topological polar surface area (TPSA) is 66.8 Å². The minimum Gasteiger partial charge on any atom is -0.481 e. The maximum Gasteiger partial charge on any atom is 0.306 e. The van der Waals surface area contributed by atoms with Crippen LogP contribution < -0.4 is 0 Å². The number of aliphatic carboxylic acids is 1. The van der Waals surface area contributed by atoms with Gasteiger partial charge in [0.2, 0.25) is 5.91 Å². The first-order valence-electron chi connectivity index (χ1n) is 5.43. The number of ether oxygens (including phenoxy) is 1. The highest BCUT2D eigenvalue weighted by molar-refractivity contribution is 5.81. The van der Waals surface area contributed by atoms with Crippen LogP contribution in [0.25, 0.3) is 0 Å². The van der Waals surface area contributed by atoms with Crippen molar-refractivity contribution in [2.45, 2.75) is 33.3 Å². The number of carboxylic acids is 1. The maximum absolute atomic E-state index is 12.0. The van der Waals surface area contributed by atoms with E-state index in [4.69, 9.17) is 9.84 Å². The number of rotatable bonds is 2. The molecule has 0 spiro atoms. The molecule has 92 valence electrons. The van der Waals surface area contributed by atoms with Crippen molar-refractivity contribution in [3.63, 3.8) is 0 Å². The first-order valence-corrected chi connectivity index (χ1v) is 5.43. The van der Waals surface area contributed by atoms with Gasteiger partial charge < -0.3 is 14.7 Å². The van der Waals surface area contributed by atoms with Gasteiger partial charge in [-0.05, 0) is 0 Å². The van der Waals surface area contributed by atoms with Crippen LogP contribution in [-0.2, 0) is 14.3 Å². The largest absolute Gasteiger partial charge is 0.481 e. The Morgan fingerprint density at radius 3 is 2.56 bits per heavy atom. The number of hydrogen-bond acceptors (Lipinski definition) is 3. The summed E-state index contributed by atoms with van der Waals surface area (Å²) in [5.74, 6) is -0.846. The Morgan fingerprint density at radius 1 is 1.44 bits per heavy atom. The summed E-state index contributed by atoms with van der Waals surface area (Å²) in [6, 6.07) is 0. The third kappa shape index (κ3) is 3.48. The average molecular weight is 229 g/mol. The fraction of sp³-hybridized carbons (Fsp3) is 0.818. The van der Waals surface area contributed by atoms with E-state index in [9.17, 15) is 9.59 Å². The molecule has 0 aromatic rings. The summed E-state index contributed by atoms with van der Waals surface area (Å²) in [7, 11) is 0. The van der Waals surface area contributed by atoms with Gasteiger partial charge in [-0.15, -0.1) is 0 Å². The number of carboxylic acid groups (broad SMARTS) is 1. The molecule has 1 saturated heterocycles. The number of carbonyl (C=O) groups excluding carboxylic acids is 1. The van der Waals surface area contributed by atoms with E-state index in [-0.39, 0.29) is 18.4 Å². The van der Waals surface area contributed by atoms with Crippen LogP contribution in [0.5, 0.6) is 0 Å². The molecule has 1 heterocycles. The van der Waals surface area contributed by atoms with Crippen molar-refractivity contribution in [2.75, 3.05) is 19.7 Å². The quantitative estimate of drug-likeness (QED) is 0.758. The molecule has 1 aliphatic rings. The third-order valence-electron chi connectivity index (χ3n) is 2.47. The molecular weight excluding hydrogens is 210 g/mol. The Balaban J connectivity index is 2.57. The van der Waals surface area contributed by atoms with Gasteiger partial charge in [-0.2, -0.15) is 0 Å². The summed E-state index contributed by atoms with van der Waals surface area (Å²) < 4.78 is 5.31. The summed E-state index contributed by atoms with van der Waals surface area (Å²) in [5.41, 5.74) is -0.425. The summed E-state index contributed by atoms with van der Waals surface area (Å²) in [6.07, 6.45) is -0.425. The highest BCUT2D eigenvalue weighted by Gasteiger charge is 2.31. The molecule has 0 aromatic carbocycles. The molecule has 1 fully saturated rings. The summed E-state index contributed by atoms with van der Waals surface area (Å²) >= 11 is 0. The van der Waals surface area contributed by atoms with E-state index < -0.39 is 11.4 Å². The molecule has 0 saturated carbocycles. The Morgan fingerprint density at radius 2 is 2.06 bits per heavy atom. The SMILES string of the molecule is CC(C)(C)C(=O)N1CCOC(CC(=O)O)C1. The molecular formula is C11H19NO4. The minimum atomic E-state index is -0.893. The second-order valence-corrected chi connectivity index (χ2v) is 5.09. The Kier molecular flexibility index (Phi) is 3.91. The minimum absolute atomic E-state index is 0.0474. The van der Waals surface area contributed by atoms with E-state index in [0.717, 1.165) is 0 Å². The van der Waals surface area contributed by atoms with Gasteiger partial charge in [0.25, 0.3) is 0 Å². The van der Waals surface area contributed by atoms with Crippen molar-refractivity contribution in [2.24, 2.45) is 5.41 Å². The predicted molar refractivity (Wildman–Crippen MR) is 58.0 cm³/mol. The van der Waals surface area contributed by atoms with Crippen LogP contribution in [0, 0.1) is 5.41 Å². The molecule has 1 amide bonds. The van der Waals surface area contributed by atoms with Crippen LogP contribution in [0.15, 0.2) is 0 Å². The molecule has 1 N–H and O–H groups in total. The number of amides is 1. The number of nitrogens with zero attached hydrogens (tertiary/aromatic N) is 1. The molecule has 1 atom stereocenters. The monoisotopic (exact) mass is 229 g/mol. The van der Waals surface area contributed by atoms with E-state index in [1.807, 2.05) is 20.8 Å². The molecule has 0 aromatic heterocycles. The zero-order valence-corrected chi connectivity index (χ0v) is 10.0. The van der Waals surface area contributed by atoms with Gasteiger partial charge >= 0.3 is 5.97 Å². The van der Waals surface area contributed by atoms with Crippen LogP contribution >= 0.6 is 0 Å². The first-order chi connectivity index (χ1) is 7.30. The average Bonchev–Trinajstić information content (AvgIpc) is 2.14. The zero-order chi connectivity index (χ0) is 12.3. The molecule has 16 heavy (non-hydrogen) atoms. The van der Waals surface area contributed by atoms with Crippen LogP contribution in [0.4, 0.5) is 0 Å². The highest BCUT2D eigenvalue weighted by Crippen LogP contribution is 2.20. The molecule has 0 radical (unpaired) electrons. The molecule has 0 bridgehead atoms. The Labute approximate surface area is 95.4 Å². The molecule has 5 heteroatoms. The zero-order valence-electron chi connectivity index (χ0n) is 10.0. The number of morpholine rings is 1. The standard InChI is InChI=1S/C11H19NO4/c1-11(2,3)10(15)12-4-5-16-8(7-12)6-9(13)14/h8H,4-7H2,1-3H3,(H,13,14). The summed E-state index contributed by atoms with van der Waals surface area (Å²) in [6.45, 7) is 6.92. The van der Waals surface area contributed by atoms with Crippen LogP contribution in [0.3, 0.4) is 0 Å². The summed E-state index contributed by atoms with van der Waals surface area (Å²) in [5, 5.41) is 8.67. The van der Waals surface area contributed by atoms with Crippen molar-refractivity contribution in [1.29, 1.82) is 0 Å². The highest BCUT2D eigenvalue weighted by atomic mass is 16.5. The Hall–Kier alpha value is -1.10. The molecule has 0 aliphatic carbocycles. The smallest absolute Gasteiger partial charge is 0.306 e. The van der Waals surface area contributed by atoms with Crippen molar-refractivity contribution in [3.8, 4) is 0 Å². The van der Waals surface area contributed by atoms with Gasteiger partial charge in [-0.3, -0.25) is 9.59 Å². The van der Waals surface area contributed by atoms with Crippen LogP contribution in [0.1, 0.15) is 27.2 Å². The molecule has 1 rings (SSSR count). The van der Waals surface area contributed by atoms with E-state index in [2.05, 4.69) is 0 Å². The van der Waals surface area contributed by atoms with Gasteiger partial charge in [0.15, 0.2) is 0 Å². The lowest BCUT2D eigenvalue weighted by atomic mass is 9.94. The van der Waals surface area contributed by atoms with Crippen molar-refractivity contribution in [3.05, 3.63) is 0 Å². The van der Waals surface area contributed by atoms with E-state index in [0.29, 0.717) is 19.7 Å². The molecule has 1 aliphatic heterocycles. The van der Waals surface area contributed by atoms with Crippen LogP contribution in [-0.4, -0.2) is 47.7 Å². The lowest BCUT2D eigenvalue weighted by Crippen LogP contribution is -2.49. The third-order valence-corrected chi connectivity index (χ3v) is 2.47. The molecule has 5 nitrogen and oxygen atoms in total. The van der Waals surface area contributed by atoms with Crippen molar-refractivity contribution < 1.29 is 19.4 Å². The fourth-order valence-corrected chi connectivity index (χ4v) is 1.70. The predicted octanol–water partition coefficient (Wildman–Crippen LogP) is 0.735. The summed E-state index contributed by atoms with van der Waals surface area (Å²) in [4.78, 5) is 24.2. The molecule has 1 unspecified atom stereocenters. The van der Waals surface area contributed by atoms with Gasteiger partial charge in [-0.25, -0.2) is 0 Å². The van der Waals surface area contributed by atoms with Gasteiger partial charge in [0, 0.05) is 18.5 Å². The fourth-order valence-electron chi connectivity index (χ4n) is 1.70. The van der Waals surface area contributed by atoms with Crippen LogP contribution in [0.2, 0.25) is 0 Å². The Bertz CT molecular complexity index is 282. The van der Waals surface area contributed by atoms with E-state index in [1.54, 1.807) is 4.90 Å². The van der Waals surface area contributed by atoms with Crippen molar-refractivity contribution >= 4 is 11.9 Å². The van der Waals surface area contributed by atoms with Crippen molar-refractivity contribution in [1.82, 2.24) is 4.90 Å². The second-order valence-electron chi connectivity index (χ2n) is 5.09. The van der Waals surface area contributed by atoms with E-state index in [1.165, 1.54) is 0 Å².